The fourth-order valence-electron chi connectivity index (χ4n) is 9.35. The lowest BCUT2D eigenvalue weighted by molar-refractivity contribution is 0.662. The van der Waals surface area contributed by atoms with Gasteiger partial charge in [0.15, 0.2) is 0 Å². The van der Waals surface area contributed by atoms with E-state index in [1.807, 2.05) is 0 Å². The van der Waals surface area contributed by atoms with Gasteiger partial charge in [0.25, 0.3) is 0 Å². The Morgan fingerprint density at radius 3 is 1.38 bits per heavy atom. The lowest BCUT2D eigenvalue weighted by Crippen LogP contribution is -2.15. The predicted octanol–water partition coefficient (Wildman–Crippen LogP) is 13.5. The predicted molar refractivity (Wildman–Crippen MR) is 213 cm³/mol. The first-order valence-corrected chi connectivity index (χ1v) is 17.8. The summed E-state index contributed by atoms with van der Waals surface area (Å²) in [4.78, 5) is 0. The van der Waals surface area contributed by atoms with Gasteiger partial charge in [0.05, 0.1) is 0 Å². The lowest BCUT2D eigenvalue weighted by atomic mass is 9.79. The Balaban J connectivity index is 1.30. The molecule has 50 heavy (non-hydrogen) atoms. The second kappa shape index (κ2) is 10.0. The van der Waals surface area contributed by atoms with Crippen LogP contribution in [0.4, 0.5) is 0 Å². The molecule has 0 spiro atoms. The van der Waals surface area contributed by atoms with Gasteiger partial charge in [-0.1, -0.05) is 129 Å². The molecule has 0 heterocycles. The summed E-state index contributed by atoms with van der Waals surface area (Å²) < 4.78 is 0. The van der Waals surface area contributed by atoms with Crippen LogP contribution in [0.2, 0.25) is 0 Å². The number of hydrogen-bond acceptors (Lipinski definition) is 0. The fourth-order valence-corrected chi connectivity index (χ4v) is 9.35. The zero-order valence-corrected chi connectivity index (χ0v) is 28.2. The van der Waals surface area contributed by atoms with Crippen molar-refractivity contribution in [2.75, 3.05) is 0 Å². The largest absolute Gasteiger partial charge is 0.0622 e. The first-order valence-electron chi connectivity index (χ1n) is 17.8. The van der Waals surface area contributed by atoms with Gasteiger partial charge in [-0.05, 0) is 159 Å². The molecule has 234 valence electrons. The lowest BCUT2D eigenvalue weighted by Gasteiger charge is -2.24. The second-order valence-electron chi connectivity index (χ2n) is 14.9. The molecule has 9 aromatic rings. The summed E-state index contributed by atoms with van der Waals surface area (Å²) in [6.07, 6.45) is 0.956. The van der Waals surface area contributed by atoms with Crippen molar-refractivity contribution in [3.8, 4) is 44.5 Å². The highest BCUT2D eigenvalue weighted by Crippen LogP contribution is 2.55. The average Bonchev–Trinajstić information content (AvgIpc) is 3.60. The van der Waals surface area contributed by atoms with E-state index in [0.717, 1.165) is 6.42 Å². The van der Waals surface area contributed by atoms with Crippen LogP contribution >= 0.6 is 0 Å². The van der Waals surface area contributed by atoms with E-state index < -0.39 is 0 Å². The third kappa shape index (κ3) is 3.82. The van der Waals surface area contributed by atoms with Gasteiger partial charge in [-0.15, -0.1) is 0 Å². The van der Waals surface area contributed by atoms with Gasteiger partial charge in [-0.3, -0.25) is 0 Å². The third-order valence-electron chi connectivity index (χ3n) is 11.8. The van der Waals surface area contributed by atoms with Crippen molar-refractivity contribution in [2.45, 2.75) is 25.7 Å². The van der Waals surface area contributed by atoms with Crippen LogP contribution in [-0.4, -0.2) is 0 Å². The summed E-state index contributed by atoms with van der Waals surface area (Å²) in [5.41, 5.74) is 16.2. The van der Waals surface area contributed by atoms with Crippen LogP contribution in [0.1, 0.15) is 36.1 Å². The monoisotopic (exact) mass is 634 g/mol. The summed E-state index contributed by atoms with van der Waals surface area (Å²) in [6, 6.07) is 59.6. The minimum atomic E-state index is -0.128. The van der Waals surface area contributed by atoms with E-state index in [1.54, 1.807) is 0 Å². The number of rotatable bonds is 2. The normalized spacial score (nSPS) is 13.9. The number of hydrogen-bond donors (Lipinski definition) is 0. The molecule has 0 atom stereocenters. The van der Waals surface area contributed by atoms with E-state index in [4.69, 9.17) is 0 Å². The molecule has 0 N–H and O–H groups in total. The van der Waals surface area contributed by atoms with E-state index in [2.05, 4.69) is 172 Å². The molecule has 0 saturated heterocycles. The number of benzene rings is 9. The maximum Gasteiger partial charge on any atom is 0.0159 e. The molecule has 0 nitrogen and oxygen atoms in total. The van der Waals surface area contributed by atoms with Crippen LogP contribution in [0.15, 0.2) is 158 Å². The van der Waals surface area contributed by atoms with Gasteiger partial charge in [0, 0.05) is 5.41 Å². The van der Waals surface area contributed by atoms with Crippen molar-refractivity contribution in [3.63, 3.8) is 0 Å². The van der Waals surface area contributed by atoms with Crippen molar-refractivity contribution in [1.82, 2.24) is 0 Å². The standard InChI is InChI=1S/C50H34/c1-50(2)46-26-35-20-12-11-19-34(35)24-40(46)41-28-44-45(29-47(41)50)49(31-15-7-4-8-16-31)43-27-39-37(25-42(43)48(44)30-13-5-3-6-14-30)22-36-21-32-17-9-10-18-33(32)23-38(36)39/h3-21,23-29H,22H2,1-2H3. The number of fused-ring (bicyclic) bond motifs is 10. The Labute approximate surface area is 292 Å². The van der Waals surface area contributed by atoms with E-state index in [9.17, 15) is 0 Å². The molecule has 0 bridgehead atoms. The molecule has 0 unspecified atom stereocenters. The first-order chi connectivity index (χ1) is 24.5. The summed E-state index contributed by atoms with van der Waals surface area (Å²) >= 11 is 0. The quantitative estimate of drug-likeness (QED) is 0.166. The van der Waals surface area contributed by atoms with Gasteiger partial charge >= 0.3 is 0 Å². The van der Waals surface area contributed by atoms with Crippen molar-refractivity contribution < 1.29 is 0 Å². The molecule has 0 radical (unpaired) electrons. The molecular weight excluding hydrogens is 601 g/mol. The Morgan fingerprint density at radius 2 is 0.760 bits per heavy atom. The van der Waals surface area contributed by atoms with Crippen molar-refractivity contribution in [2.24, 2.45) is 0 Å². The van der Waals surface area contributed by atoms with Crippen LogP contribution in [0.25, 0.3) is 87.6 Å². The molecule has 0 aromatic heterocycles. The highest BCUT2D eigenvalue weighted by molar-refractivity contribution is 6.23. The van der Waals surface area contributed by atoms with E-state index in [-0.39, 0.29) is 5.41 Å². The maximum atomic E-state index is 2.55. The Hall–Kier alpha value is -5.98. The molecule has 0 aliphatic heterocycles. The molecule has 0 heteroatoms. The van der Waals surface area contributed by atoms with Crippen LogP contribution in [0.5, 0.6) is 0 Å². The molecule has 0 fully saturated rings. The molecular formula is C50H34. The van der Waals surface area contributed by atoms with Crippen molar-refractivity contribution in [3.05, 3.63) is 180 Å². The van der Waals surface area contributed by atoms with E-state index in [1.165, 1.54) is 110 Å². The third-order valence-corrected chi connectivity index (χ3v) is 11.8. The molecule has 0 saturated carbocycles. The SMILES string of the molecule is CC1(C)c2cc3ccccc3cc2-c2cc3c(-c4ccccc4)c4cc5c(cc4c(-c4ccccc4)c3cc21)-c1cc2ccccc2cc1C5. The fraction of sp³-hybridized carbons (Fsp3) is 0.0800. The molecule has 0 amide bonds. The van der Waals surface area contributed by atoms with Crippen LogP contribution in [0.3, 0.4) is 0 Å². The zero-order valence-electron chi connectivity index (χ0n) is 28.2. The summed E-state index contributed by atoms with van der Waals surface area (Å²) in [5, 5.41) is 10.5. The Bertz CT molecular complexity index is 2890. The summed E-state index contributed by atoms with van der Waals surface area (Å²) in [5.74, 6) is 0. The maximum absolute atomic E-state index is 2.55. The van der Waals surface area contributed by atoms with Gasteiger partial charge < -0.3 is 0 Å². The highest BCUT2D eigenvalue weighted by Gasteiger charge is 2.37. The second-order valence-corrected chi connectivity index (χ2v) is 14.9. The minimum absolute atomic E-state index is 0.128. The molecule has 2 aliphatic carbocycles. The Morgan fingerprint density at radius 1 is 0.360 bits per heavy atom. The smallest absolute Gasteiger partial charge is 0.0159 e. The molecule has 11 rings (SSSR count). The Kier molecular flexibility index (Phi) is 5.60. The topological polar surface area (TPSA) is 0 Å². The highest BCUT2D eigenvalue weighted by atomic mass is 14.4. The van der Waals surface area contributed by atoms with Gasteiger partial charge in [0.1, 0.15) is 0 Å². The summed E-state index contributed by atoms with van der Waals surface area (Å²) in [6.45, 7) is 4.82. The van der Waals surface area contributed by atoms with Crippen LogP contribution in [0, 0.1) is 0 Å². The first kappa shape index (κ1) is 27.9. The minimum Gasteiger partial charge on any atom is -0.0622 e. The van der Waals surface area contributed by atoms with E-state index in [0.29, 0.717) is 0 Å². The summed E-state index contributed by atoms with van der Waals surface area (Å²) in [7, 11) is 0. The van der Waals surface area contributed by atoms with Crippen molar-refractivity contribution >= 4 is 43.1 Å². The van der Waals surface area contributed by atoms with E-state index >= 15 is 0 Å². The van der Waals surface area contributed by atoms with Gasteiger partial charge in [-0.25, -0.2) is 0 Å². The van der Waals surface area contributed by atoms with Crippen LogP contribution in [-0.2, 0) is 11.8 Å². The van der Waals surface area contributed by atoms with Crippen LogP contribution < -0.4 is 0 Å². The zero-order chi connectivity index (χ0) is 33.1. The molecule has 2 aliphatic rings. The molecule has 9 aromatic carbocycles. The van der Waals surface area contributed by atoms with Crippen molar-refractivity contribution in [1.29, 1.82) is 0 Å². The average molecular weight is 635 g/mol. The van der Waals surface area contributed by atoms with Gasteiger partial charge in [0.2, 0.25) is 0 Å². The van der Waals surface area contributed by atoms with Gasteiger partial charge in [-0.2, -0.15) is 0 Å².